The van der Waals surface area contributed by atoms with Crippen molar-refractivity contribution in [3.05, 3.63) is 12.7 Å². The zero-order chi connectivity index (χ0) is 6.91. The molecule has 1 saturated carbocycles. The van der Waals surface area contributed by atoms with Crippen LogP contribution in [-0.4, -0.2) is 18.4 Å². The summed E-state index contributed by atoms with van der Waals surface area (Å²) in [6, 6.07) is 0. The van der Waals surface area contributed by atoms with E-state index < -0.39 is 0 Å². The predicted octanol–water partition coefficient (Wildman–Crippen LogP) is 0.493. The maximum Gasteiger partial charge on any atom is 0.175 e. The van der Waals surface area contributed by atoms with Gasteiger partial charge in [0, 0.05) is 0 Å². The lowest BCUT2D eigenvalue weighted by molar-refractivity contribution is -0.117. The Bertz CT molecular complexity index is 147. The molecule has 1 aliphatic carbocycles. The van der Waals surface area contributed by atoms with E-state index in [1.807, 2.05) is 7.05 Å². The maximum atomic E-state index is 10.9. The monoisotopic (exact) mass is 125 g/mol. The standard InChI is InChI=1S/C7H11NO/c1-3-6(9)7(8-2)4-5-7/h3,8H,1,4-5H2,2H3. The van der Waals surface area contributed by atoms with Crippen molar-refractivity contribution in [3.8, 4) is 0 Å². The second-order valence-corrected chi connectivity index (χ2v) is 2.40. The van der Waals surface area contributed by atoms with E-state index in [-0.39, 0.29) is 11.3 Å². The molecule has 9 heavy (non-hydrogen) atoms. The van der Waals surface area contributed by atoms with Gasteiger partial charge in [0.05, 0.1) is 5.54 Å². The third-order valence-electron chi connectivity index (χ3n) is 1.89. The number of rotatable bonds is 3. The molecule has 0 atom stereocenters. The molecular weight excluding hydrogens is 114 g/mol. The van der Waals surface area contributed by atoms with Crippen LogP contribution in [0.25, 0.3) is 0 Å². The Morgan fingerprint density at radius 3 is 2.44 bits per heavy atom. The third kappa shape index (κ3) is 0.900. The van der Waals surface area contributed by atoms with Gasteiger partial charge in [0.15, 0.2) is 5.78 Å². The Kier molecular flexibility index (Phi) is 1.41. The average molecular weight is 125 g/mol. The topological polar surface area (TPSA) is 29.1 Å². The van der Waals surface area contributed by atoms with Crippen LogP contribution in [0.15, 0.2) is 12.7 Å². The van der Waals surface area contributed by atoms with E-state index in [0.717, 1.165) is 12.8 Å². The molecule has 50 valence electrons. The fourth-order valence-electron chi connectivity index (χ4n) is 0.940. The van der Waals surface area contributed by atoms with Gasteiger partial charge in [-0.1, -0.05) is 6.58 Å². The molecule has 0 heterocycles. The highest BCUT2D eigenvalue weighted by molar-refractivity contribution is 5.99. The highest BCUT2D eigenvalue weighted by Crippen LogP contribution is 2.35. The van der Waals surface area contributed by atoms with Gasteiger partial charge >= 0.3 is 0 Å². The summed E-state index contributed by atoms with van der Waals surface area (Å²) in [5, 5.41) is 2.98. The normalized spacial score (nSPS) is 21.0. The number of hydrogen-bond donors (Lipinski definition) is 1. The second kappa shape index (κ2) is 1.95. The Morgan fingerprint density at radius 1 is 1.78 bits per heavy atom. The summed E-state index contributed by atoms with van der Waals surface area (Å²) in [5.41, 5.74) is -0.207. The first-order chi connectivity index (χ1) is 4.25. The summed E-state index contributed by atoms with van der Waals surface area (Å²) >= 11 is 0. The molecule has 0 saturated heterocycles. The van der Waals surface area contributed by atoms with Crippen molar-refractivity contribution in [3.63, 3.8) is 0 Å². The van der Waals surface area contributed by atoms with E-state index in [4.69, 9.17) is 0 Å². The third-order valence-corrected chi connectivity index (χ3v) is 1.89. The van der Waals surface area contributed by atoms with Crippen LogP contribution < -0.4 is 5.32 Å². The molecule has 0 unspecified atom stereocenters. The fraction of sp³-hybridized carbons (Fsp3) is 0.571. The van der Waals surface area contributed by atoms with Crippen molar-refractivity contribution in [2.45, 2.75) is 18.4 Å². The molecular formula is C7H11NO. The molecule has 0 bridgehead atoms. The number of carbonyl (C=O) groups is 1. The van der Waals surface area contributed by atoms with E-state index in [1.165, 1.54) is 6.08 Å². The van der Waals surface area contributed by atoms with Crippen LogP contribution in [0, 0.1) is 0 Å². The zero-order valence-electron chi connectivity index (χ0n) is 5.61. The van der Waals surface area contributed by atoms with Crippen LogP contribution in [0.3, 0.4) is 0 Å². The summed E-state index contributed by atoms with van der Waals surface area (Å²) < 4.78 is 0. The van der Waals surface area contributed by atoms with Gasteiger partial charge in [0.1, 0.15) is 0 Å². The van der Waals surface area contributed by atoms with Crippen molar-refractivity contribution >= 4 is 5.78 Å². The molecule has 1 N–H and O–H groups in total. The Balaban J connectivity index is 2.59. The van der Waals surface area contributed by atoms with E-state index in [9.17, 15) is 4.79 Å². The van der Waals surface area contributed by atoms with E-state index in [0.29, 0.717) is 0 Å². The van der Waals surface area contributed by atoms with Crippen LogP contribution in [0.4, 0.5) is 0 Å². The molecule has 0 aromatic heterocycles. The first-order valence-corrected chi connectivity index (χ1v) is 3.11. The van der Waals surface area contributed by atoms with Crippen molar-refractivity contribution in [1.29, 1.82) is 0 Å². The van der Waals surface area contributed by atoms with Gasteiger partial charge < -0.3 is 5.32 Å². The van der Waals surface area contributed by atoms with E-state index in [1.54, 1.807) is 0 Å². The molecule has 2 nitrogen and oxygen atoms in total. The predicted molar refractivity (Wildman–Crippen MR) is 36.2 cm³/mol. The lowest BCUT2D eigenvalue weighted by atomic mass is 10.1. The van der Waals surface area contributed by atoms with Gasteiger partial charge in [-0.25, -0.2) is 0 Å². The SMILES string of the molecule is C=CC(=O)C1(NC)CC1. The minimum atomic E-state index is -0.207. The quantitative estimate of drug-likeness (QED) is 0.556. The smallest absolute Gasteiger partial charge is 0.175 e. The van der Waals surface area contributed by atoms with E-state index in [2.05, 4.69) is 11.9 Å². The molecule has 0 aromatic rings. The maximum absolute atomic E-state index is 10.9. The molecule has 0 amide bonds. The Labute approximate surface area is 54.9 Å². The highest BCUT2D eigenvalue weighted by Gasteiger charge is 2.46. The minimum absolute atomic E-state index is 0.130. The van der Waals surface area contributed by atoms with Crippen LogP contribution in [0.5, 0.6) is 0 Å². The number of hydrogen-bond acceptors (Lipinski definition) is 2. The molecule has 1 aliphatic rings. The largest absolute Gasteiger partial charge is 0.308 e. The van der Waals surface area contributed by atoms with Crippen molar-refractivity contribution in [2.24, 2.45) is 0 Å². The summed E-state index contributed by atoms with van der Waals surface area (Å²) in [6.45, 7) is 3.43. The fourth-order valence-corrected chi connectivity index (χ4v) is 0.940. The summed E-state index contributed by atoms with van der Waals surface area (Å²) in [6.07, 6.45) is 3.33. The molecule has 0 radical (unpaired) electrons. The Morgan fingerprint density at radius 2 is 2.33 bits per heavy atom. The highest BCUT2D eigenvalue weighted by atomic mass is 16.1. The lowest BCUT2D eigenvalue weighted by Crippen LogP contribution is -2.34. The number of likely N-dealkylation sites (N-methyl/N-ethyl adjacent to an activating group) is 1. The van der Waals surface area contributed by atoms with Crippen LogP contribution in [0.1, 0.15) is 12.8 Å². The van der Waals surface area contributed by atoms with Crippen molar-refractivity contribution in [1.82, 2.24) is 5.32 Å². The second-order valence-electron chi connectivity index (χ2n) is 2.40. The van der Waals surface area contributed by atoms with E-state index >= 15 is 0 Å². The van der Waals surface area contributed by atoms with Crippen LogP contribution in [-0.2, 0) is 4.79 Å². The van der Waals surface area contributed by atoms with Crippen molar-refractivity contribution in [2.75, 3.05) is 7.05 Å². The lowest BCUT2D eigenvalue weighted by Gasteiger charge is -2.07. The van der Waals surface area contributed by atoms with Gasteiger partial charge in [-0.2, -0.15) is 0 Å². The first-order valence-electron chi connectivity index (χ1n) is 3.11. The van der Waals surface area contributed by atoms with Gasteiger partial charge in [0.25, 0.3) is 0 Å². The molecule has 1 rings (SSSR count). The van der Waals surface area contributed by atoms with Gasteiger partial charge in [-0.15, -0.1) is 0 Å². The summed E-state index contributed by atoms with van der Waals surface area (Å²) in [7, 11) is 1.81. The summed E-state index contributed by atoms with van der Waals surface area (Å²) in [4.78, 5) is 10.9. The van der Waals surface area contributed by atoms with Gasteiger partial charge in [-0.3, -0.25) is 4.79 Å². The van der Waals surface area contributed by atoms with Gasteiger partial charge in [0.2, 0.25) is 0 Å². The molecule has 2 heteroatoms. The van der Waals surface area contributed by atoms with Gasteiger partial charge in [-0.05, 0) is 26.0 Å². The average Bonchev–Trinajstić information content (AvgIpc) is 2.66. The zero-order valence-corrected chi connectivity index (χ0v) is 5.61. The van der Waals surface area contributed by atoms with Crippen molar-refractivity contribution < 1.29 is 4.79 Å². The van der Waals surface area contributed by atoms with Crippen LogP contribution >= 0.6 is 0 Å². The number of ketones is 1. The number of carbonyl (C=O) groups excluding carboxylic acids is 1. The molecule has 0 aliphatic heterocycles. The Hall–Kier alpha value is -0.630. The molecule has 0 spiro atoms. The molecule has 0 aromatic carbocycles. The number of nitrogens with one attached hydrogen (secondary N) is 1. The first kappa shape index (κ1) is 6.49. The van der Waals surface area contributed by atoms with Crippen LogP contribution in [0.2, 0.25) is 0 Å². The molecule has 1 fully saturated rings. The summed E-state index contributed by atoms with van der Waals surface area (Å²) in [5.74, 6) is 0.130. The minimum Gasteiger partial charge on any atom is -0.308 e.